The normalized spacial score (nSPS) is 10.7. The van der Waals surface area contributed by atoms with E-state index in [4.69, 9.17) is 0 Å². The highest BCUT2D eigenvalue weighted by molar-refractivity contribution is 9.10. The van der Waals surface area contributed by atoms with E-state index in [1.165, 1.54) is 4.68 Å². The Morgan fingerprint density at radius 3 is 2.67 bits per heavy atom. The summed E-state index contributed by atoms with van der Waals surface area (Å²) in [6.07, 6.45) is 1.70. The molecule has 0 aliphatic heterocycles. The van der Waals surface area contributed by atoms with Crippen LogP contribution in [0.15, 0.2) is 59.2 Å². The predicted molar refractivity (Wildman–Crippen MR) is 73.6 cm³/mol. The second kappa shape index (κ2) is 4.38. The van der Waals surface area contributed by atoms with Crippen LogP contribution in [0, 0.1) is 0 Å². The Morgan fingerprint density at radius 2 is 1.89 bits per heavy atom. The van der Waals surface area contributed by atoms with Crippen molar-refractivity contribution in [3.05, 3.63) is 64.8 Å². The van der Waals surface area contributed by atoms with Crippen LogP contribution in [0.2, 0.25) is 0 Å². The predicted octanol–water partition coefficient (Wildman–Crippen LogP) is 3.49. The molecule has 18 heavy (non-hydrogen) atoms. The third kappa shape index (κ3) is 1.84. The number of benzene rings is 2. The van der Waals surface area contributed by atoms with Crippen molar-refractivity contribution in [2.75, 3.05) is 0 Å². The molecule has 0 saturated carbocycles. The Bertz CT molecular complexity index is 719. The number of carbonyl (C=O) groups excluding carboxylic acids is 1. The molecule has 0 amide bonds. The van der Waals surface area contributed by atoms with Gasteiger partial charge in [0.25, 0.3) is 5.91 Å². The average Bonchev–Trinajstić information content (AvgIpc) is 2.81. The largest absolute Gasteiger partial charge is 0.278 e. The molecule has 3 nitrogen and oxygen atoms in total. The molecule has 0 fully saturated rings. The molecule has 0 saturated heterocycles. The second-order valence-corrected chi connectivity index (χ2v) is 4.85. The van der Waals surface area contributed by atoms with Crippen LogP contribution < -0.4 is 0 Å². The van der Waals surface area contributed by atoms with E-state index in [2.05, 4.69) is 21.0 Å². The van der Waals surface area contributed by atoms with Gasteiger partial charge < -0.3 is 0 Å². The molecule has 0 aliphatic rings. The van der Waals surface area contributed by atoms with Gasteiger partial charge in [0.2, 0.25) is 0 Å². The molecule has 0 unspecified atom stereocenters. The second-order valence-electron chi connectivity index (χ2n) is 3.93. The van der Waals surface area contributed by atoms with E-state index < -0.39 is 0 Å². The summed E-state index contributed by atoms with van der Waals surface area (Å²) in [4.78, 5) is 12.3. The summed E-state index contributed by atoms with van der Waals surface area (Å²) in [5.74, 6) is -0.118. The summed E-state index contributed by atoms with van der Waals surface area (Å²) in [6.45, 7) is 0. The summed E-state index contributed by atoms with van der Waals surface area (Å²) < 4.78 is 2.40. The van der Waals surface area contributed by atoms with Gasteiger partial charge in [-0.3, -0.25) is 4.79 Å². The number of nitrogens with zero attached hydrogens (tertiary/aromatic N) is 2. The summed E-state index contributed by atoms with van der Waals surface area (Å²) in [6, 6.07) is 14.9. The van der Waals surface area contributed by atoms with Crippen LogP contribution in [0.1, 0.15) is 10.4 Å². The zero-order valence-electron chi connectivity index (χ0n) is 9.38. The van der Waals surface area contributed by atoms with E-state index in [0.29, 0.717) is 5.56 Å². The number of carbonyl (C=O) groups is 1. The van der Waals surface area contributed by atoms with Crippen LogP contribution >= 0.6 is 15.9 Å². The molecule has 1 aromatic heterocycles. The molecule has 0 N–H and O–H groups in total. The average molecular weight is 301 g/mol. The Labute approximate surface area is 112 Å². The van der Waals surface area contributed by atoms with Crippen LogP contribution in [0.5, 0.6) is 0 Å². The molecular weight excluding hydrogens is 292 g/mol. The first-order chi connectivity index (χ1) is 8.75. The van der Waals surface area contributed by atoms with E-state index in [1.54, 1.807) is 18.3 Å². The van der Waals surface area contributed by atoms with Gasteiger partial charge in [0.05, 0.1) is 11.7 Å². The Hall–Kier alpha value is -1.94. The fourth-order valence-electron chi connectivity index (χ4n) is 1.87. The zero-order chi connectivity index (χ0) is 12.5. The first-order valence-electron chi connectivity index (χ1n) is 5.49. The first kappa shape index (κ1) is 11.2. The molecule has 3 aromatic rings. The molecule has 0 radical (unpaired) electrons. The molecule has 88 valence electrons. The zero-order valence-corrected chi connectivity index (χ0v) is 11.0. The Morgan fingerprint density at radius 1 is 1.11 bits per heavy atom. The van der Waals surface area contributed by atoms with E-state index >= 15 is 0 Å². The van der Waals surface area contributed by atoms with Gasteiger partial charge in [-0.25, -0.2) is 0 Å². The van der Waals surface area contributed by atoms with E-state index in [0.717, 1.165) is 15.4 Å². The summed E-state index contributed by atoms with van der Waals surface area (Å²) in [5.41, 5.74) is 1.44. The maximum Gasteiger partial charge on any atom is 0.278 e. The molecule has 0 bridgehead atoms. The number of hydrogen-bond acceptors (Lipinski definition) is 2. The maximum absolute atomic E-state index is 12.3. The molecule has 1 heterocycles. The van der Waals surface area contributed by atoms with Crippen LogP contribution in [0.3, 0.4) is 0 Å². The van der Waals surface area contributed by atoms with Crippen molar-refractivity contribution in [2.24, 2.45) is 0 Å². The number of aromatic nitrogens is 2. The van der Waals surface area contributed by atoms with Crippen LogP contribution in [0.25, 0.3) is 10.9 Å². The highest BCUT2D eigenvalue weighted by Crippen LogP contribution is 2.20. The fraction of sp³-hybridized carbons (Fsp3) is 0. The quantitative estimate of drug-likeness (QED) is 0.689. The summed E-state index contributed by atoms with van der Waals surface area (Å²) in [7, 11) is 0. The smallest absolute Gasteiger partial charge is 0.267 e. The highest BCUT2D eigenvalue weighted by Gasteiger charge is 2.12. The lowest BCUT2D eigenvalue weighted by molar-refractivity contribution is 0.0950. The van der Waals surface area contributed by atoms with Crippen molar-refractivity contribution in [3.8, 4) is 0 Å². The van der Waals surface area contributed by atoms with Crippen LogP contribution in [-0.4, -0.2) is 15.7 Å². The van der Waals surface area contributed by atoms with E-state index in [-0.39, 0.29) is 5.91 Å². The first-order valence-corrected chi connectivity index (χ1v) is 6.28. The van der Waals surface area contributed by atoms with E-state index in [1.807, 2.05) is 36.4 Å². The third-order valence-electron chi connectivity index (χ3n) is 2.74. The monoisotopic (exact) mass is 300 g/mol. The van der Waals surface area contributed by atoms with Gasteiger partial charge in [0.15, 0.2) is 0 Å². The Kier molecular flexibility index (Phi) is 2.72. The molecule has 3 rings (SSSR count). The van der Waals surface area contributed by atoms with Crippen molar-refractivity contribution in [1.82, 2.24) is 9.78 Å². The molecule has 2 aromatic carbocycles. The number of halogens is 1. The molecular formula is C14H9BrN2O. The Balaban J connectivity index is 2.13. The molecule has 0 aliphatic carbocycles. The minimum Gasteiger partial charge on any atom is -0.267 e. The van der Waals surface area contributed by atoms with E-state index in [9.17, 15) is 4.79 Å². The third-order valence-corrected chi connectivity index (χ3v) is 3.24. The van der Waals surface area contributed by atoms with Gasteiger partial charge >= 0.3 is 0 Å². The van der Waals surface area contributed by atoms with Crippen LogP contribution in [-0.2, 0) is 0 Å². The minimum absolute atomic E-state index is 0.118. The van der Waals surface area contributed by atoms with Gasteiger partial charge in [-0.15, -0.1) is 0 Å². The topological polar surface area (TPSA) is 34.9 Å². The lowest BCUT2D eigenvalue weighted by Gasteiger charge is -2.02. The number of rotatable bonds is 1. The molecule has 0 atom stereocenters. The van der Waals surface area contributed by atoms with Gasteiger partial charge in [0, 0.05) is 15.4 Å². The number of hydrogen-bond donors (Lipinski definition) is 0. The minimum atomic E-state index is -0.118. The van der Waals surface area contributed by atoms with Gasteiger partial charge in [-0.1, -0.05) is 34.1 Å². The lowest BCUT2D eigenvalue weighted by atomic mass is 10.2. The van der Waals surface area contributed by atoms with Gasteiger partial charge in [-0.2, -0.15) is 9.78 Å². The maximum atomic E-state index is 12.3. The SMILES string of the molecule is O=C(c1ccccc1)n1ncc2cc(Br)ccc21. The van der Waals surface area contributed by atoms with Crippen LogP contribution in [0.4, 0.5) is 0 Å². The summed E-state index contributed by atoms with van der Waals surface area (Å²) >= 11 is 3.40. The standard InChI is InChI=1S/C14H9BrN2O/c15-12-6-7-13-11(8-12)9-16-17(13)14(18)10-4-2-1-3-5-10/h1-9H. The van der Waals surface area contributed by atoms with Crippen molar-refractivity contribution in [2.45, 2.75) is 0 Å². The van der Waals surface area contributed by atoms with Crippen molar-refractivity contribution in [1.29, 1.82) is 0 Å². The van der Waals surface area contributed by atoms with Crippen molar-refractivity contribution < 1.29 is 4.79 Å². The number of fused-ring (bicyclic) bond motifs is 1. The van der Waals surface area contributed by atoms with Crippen molar-refractivity contribution >= 4 is 32.7 Å². The molecule has 4 heteroatoms. The molecule has 0 spiro atoms. The van der Waals surface area contributed by atoms with Gasteiger partial charge in [-0.05, 0) is 30.3 Å². The van der Waals surface area contributed by atoms with Gasteiger partial charge in [0.1, 0.15) is 0 Å². The fourth-order valence-corrected chi connectivity index (χ4v) is 2.25. The summed E-state index contributed by atoms with van der Waals surface area (Å²) in [5, 5.41) is 5.10. The van der Waals surface area contributed by atoms with Crippen molar-refractivity contribution in [3.63, 3.8) is 0 Å². The highest BCUT2D eigenvalue weighted by atomic mass is 79.9. The lowest BCUT2D eigenvalue weighted by Crippen LogP contribution is -2.12.